The number of ether oxygens (including phenoxy) is 1. The van der Waals surface area contributed by atoms with Crippen molar-refractivity contribution in [2.75, 3.05) is 11.9 Å². The van der Waals surface area contributed by atoms with Gasteiger partial charge in [-0.1, -0.05) is 52.4 Å². The molecule has 0 amide bonds. The summed E-state index contributed by atoms with van der Waals surface area (Å²) in [6.07, 6.45) is 15.0. The highest BCUT2D eigenvalue weighted by Gasteiger charge is 2.41. The summed E-state index contributed by atoms with van der Waals surface area (Å²) in [4.78, 5) is 4.52. The molecule has 0 saturated heterocycles. The van der Waals surface area contributed by atoms with Crippen molar-refractivity contribution in [3.8, 4) is 23.0 Å². The summed E-state index contributed by atoms with van der Waals surface area (Å²) < 4.78 is 5.71. The van der Waals surface area contributed by atoms with Gasteiger partial charge in [0.2, 0.25) is 0 Å². The Kier molecular flexibility index (Phi) is 5.72. The van der Waals surface area contributed by atoms with Crippen molar-refractivity contribution in [2.45, 2.75) is 25.2 Å². The van der Waals surface area contributed by atoms with Crippen LogP contribution in [0.3, 0.4) is 0 Å². The fraction of sp³-hybridized carbons (Fsp3) is 0.194. The fourth-order valence-electron chi connectivity index (χ4n) is 5.75. The average molecular weight is 556 g/mol. The van der Waals surface area contributed by atoms with Gasteiger partial charge in [-0.2, -0.15) is 0 Å². The van der Waals surface area contributed by atoms with Crippen molar-refractivity contribution < 1.29 is 20.1 Å². The number of hydrogen-bond acceptors (Lipinski definition) is 5. The molecule has 186 valence electrons. The lowest BCUT2D eigenvalue weighted by molar-refractivity contribution is 0.345. The Bertz CT molecular complexity index is 1770. The molecule has 6 heteroatoms. The first-order chi connectivity index (χ1) is 18.0. The number of halogens is 1. The zero-order valence-corrected chi connectivity index (χ0v) is 21.9. The molecular formula is C31H26BrNO4. The number of phenolic OH excluding ortho intramolecular Hbond substituents is 3. The van der Waals surface area contributed by atoms with Crippen molar-refractivity contribution in [1.82, 2.24) is 4.98 Å². The van der Waals surface area contributed by atoms with Crippen LogP contribution in [0.2, 0.25) is 0 Å². The van der Waals surface area contributed by atoms with Gasteiger partial charge in [-0.3, -0.25) is 4.98 Å². The minimum Gasteiger partial charge on any atom is -0.507 e. The molecule has 5 nitrogen and oxygen atoms in total. The Morgan fingerprint density at radius 3 is 2.51 bits per heavy atom. The number of allylic oxidation sites excluding steroid dienone is 3. The Balaban J connectivity index is 1.52. The number of phenols is 3. The lowest BCUT2D eigenvalue weighted by atomic mass is 9.81. The van der Waals surface area contributed by atoms with Crippen molar-refractivity contribution in [3.63, 3.8) is 0 Å². The molecule has 0 fully saturated rings. The van der Waals surface area contributed by atoms with Gasteiger partial charge in [-0.25, -0.2) is 0 Å². The Morgan fingerprint density at radius 1 is 0.973 bits per heavy atom. The van der Waals surface area contributed by atoms with E-state index in [1.807, 2.05) is 49.4 Å². The Hall–Kier alpha value is -3.77. The molecule has 3 aromatic carbocycles. The molecule has 1 heterocycles. The van der Waals surface area contributed by atoms with E-state index in [1.54, 1.807) is 24.4 Å². The molecule has 4 aromatic rings. The van der Waals surface area contributed by atoms with E-state index in [0.717, 1.165) is 35.0 Å². The molecule has 0 bridgehead atoms. The molecule has 37 heavy (non-hydrogen) atoms. The summed E-state index contributed by atoms with van der Waals surface area (Å²) in [6.45, 7) is 2.46. The number of hydrogen-bond donors (Lipinski definition) is 3. The van der Waals surface area contributed by atoms with Crippen molar-refractivity contribution in [1.29, 1.82) is 0 Å². The first kappa shape index (κ1) is 23.6. The van der Waals surface area contributed by atoms with E-state index >= 15 is 0 Å². The highest BCUT2D eigenvalue weighted by molar-refractivity contribution is 9.09. The third-order valence-corrected chi connectivity index (χ3v) is 7.72. The molecule has 2 aliphatic carbocycles. The van der Waals surface area contributed by atoms with Crippen molar-refractivity contribution in [3.05, 3.63) is 82.0 Å². The quantitative estimate of drug-likeness (QED) is 0.176. The first-order valence-corrected chi connectivity index (χ1v) is 13.4. The molecule has 1 spiro atoms. The van der Waals surface area contributed by atoms with Crippen LogP contribution in [-0.4, -0.2) is 32.2 Å². The number of pyridine rings is 1. The summed E-state index contributed by atoms with van der Waals surface area (Å²) in [6, 6.07) is 9.43. The van der Waals surface area contributed by atoms with Crippen LogP contribution in [0.15, 0.2) is 54.8 Å². The summed E-state index contributed by atoms with van der Waals surface area (Å²) in [5.74, 6) is 1.06. The molecule has 0 radical (unpaired) electrons. The predicted octanol–water partition coefficient (Wildman–Crippen LogP) is 5.33. The normalized spacial score (nSPS) is 18.1. The van der Waals surface area contributed by atoms with E-state index in [1.165, 1.54) is 0 Å². The van der Waals surface area contributed by atoms with E-state index in [-0.39, 0.29) is 17.2 Å². The number of aromatic hydroxyl groups is 3. The van der Waals surface area contributed by atoms with Crippen LogP contribution >= 0.6 is 15.9 Å². The molecule has 0 saturated carbocycles. The van der Waals surface area contributed by atoms with Crippen LogP contribution in [0, 0.1) is 0 Å². The SMILES string of the molecule is CC=CC=Cc1cc2cc3c(c(O)c2cn1)[C@]1(C=c2c(O)c4ccc(OCCBr)cc4c(O)c2=C1)CC3. The lowest BCUT2D eigenvalue weighted by Crippen LogP contribution is -2.22. The third kappa shape index (κ3) is 3.70. The van der Waals surface area contributed by atoms with Crippen LogP contribution in [0.4, 0.5) is 0 Å². The summed E-state index contributed by atoms with van der Waals surface area (Å²) >= 11 is 3.35. The van der Waals surface area contributed by atoms with Crippen LogP contribution in [0.5, 0.6) is 23.0 Å². The van der Waals surface area contributed by atoms with Gasteiger partial charge < -0.3 is 20.1 Å². The van der Waals surface area contributed by atoms with Gasteiger partial charge in [0.1, 0.15) is 23.0 Å². The monoisotopic (exact) mass is 555 g/mol. The van der Waals surface area contributed by atoms with Gasteiger partial charge in [-0.15, -0.1) is 0 Å². The van der Waals surface area contributed by atoms with Crippen molar-refractivity contribution in [2.24, 2.45) is 0 Å². The highest BCUT2D eigenvalue weighted by Crippen LogP contribution is 2.50. The number of alkyl halides is 1. The molecule has 0 unspecified atom stereocenters. The smallest absolute Gasteiger partial charge is 0.131 e. The molecular weight excluding hydrogens is 530 g/mol. The van der Waals surface area contributed by atoms with Crippen LogP contribution in [0.25, 0.3) is 39.8 Å². The van der Waals surface area contributed by atoms with Crippen LogP contribution in [-0.2, 0) is 11.8 Å². The molecule has 6 rings (SSSR count). The largest absolute Gasteiger partial charge is 0.507 e. The maximum atomic E-state index is 11.5. The summed E-state index contributed by atoms with van der Waals surface area (Å²) in [5.41, 5.74) is 2.08. The van der Waals surface area contributed by atoms with Crippen LogP contribution < -0.4 is 15.2 Å². The second kappa shape index (κ2) is 8.96. The summed E-state index contributed by atoms with van der Waals surface area (Å²) in [5, 5.41) is 38.6. The molecule has 3 N–H and O–H groups in total. The van der Waals surface area contributed by atoms with E-state index in [4.69, 9.17) is 4.74 Å². The van der Waals surface area contributed by atoms with E-state index in [2.05, 4.69) is 27.0 Å². The average Bonchev–Trinajstić information content (AvgIpc) is 3.47. The Morgan fingerprint density at radius 2 is 1.76 bits per heavy atom. The topological polar surface area (TPSA) is 82.8 Å². The minimum atomic E-state index is -0.623. The van der Waals surface area contributed by atoms with Gasteiger partial charge in [0.25, 0.3) is 0 Å². The predicted molar refractivity (Wildman–Crippen MR) is 152 cm³/mol. The molecule has 0 aliphatic heterocycles. The zero-order chi connectivity index (χ0) is 25.7. The molecule has 2 aliphatic rings. The Labute approximate surface area is 222 Å². The van der Waals surface area contributed by atoms with E-state index in [9.17, 15) is 15.3 Å². The third-order valence-electron chi connectivity index (χ3n) is 7.40. The number of aromatic nitrogens is 1. The number of aryl methyl sites for hydroxylation is 1. The fourth-order valence-corrected chi connectivity index (χ4v) is 5.91. The first-order valence-electron chi connectivity index (χ1n) is 12.3. The minimum absolute atomic E-state index is 0.105. The highest BCUT2D eigenvalue weighted by atomic mass is 79.9. The van der Waals surface area contributed by atoms with Gasteiger partial charge >= 0.3 is 0 Å². The van der Waals surface area contributed by atoms with Gasteiger partial charge in [0.15, 0.2) is 0 Å². The standard InChI is InChI=1S/C31H26BrNO4/c1-2-3-4-5-20-13-19-12-18-8-9-31(27(18)30(36)26(19)17-33-20)15-24-25(16-31)29(35)23-14-21(37-11-10-32)6-7-22(23)28(24)34/h2-7,12-17,34-36H,8-11H2,1H3/t31-/m0/s1. The molecule has 1 atom stereocenters. The lowest BCUT2D eigenvalue weighted by Gasteiger charge is -2.22. The number of fused-ring (bicyclic) bond motifs is 5. The van der Waals surface area contributed by atoms with Gasteiger partial charge in [-0.05, 0) is 61.1 Å². The van der Waals surface area contributed by atoms with E-state index < -0.39 is 5.41 Å². The molecule has 1 aromatic heterocycles. The van der Waals surface area contributed by atoms with Gasteiger partial charge in [0.05, 0.1) is 12.3 Å². The summed E-state index contributed by atoms with van der Waals surface area (Å²) in [7, 11) is 0. The second-order valence-electron chi connectivity index (χ2n) is 9.57. The zero-order valence-electron chi connectivity index (χ0n) is 20.3. The van der Waals surface area contributed by atoms with Crippen LogP contribution in [0.1, 0.15) is 30.2 Å². The van der Waals surface area contributed by atoms with Crippen molar-refractivity contribution >= 4 is 55.7 Å². The second-order valence-corrected chi connectivity index (χ2v) is 10.4. The van der Waals surface area contributed by atoms with E-state index in [0.29, 0.717) is 44.3 Å². The number of rotatable bonds is 5. The maximum absolute atomic E-state index is 11.5. The maximum Gasteiger partial charge on any atom is 0.131 e. The van der Waals surface area contributed by atoms with Gasteiger partial charge in [0, 0.05) is 49.1 Å². The number of nitrogens with zero attached hydrogens (tertiary/aromatic N) is 1. The number of benzene rings is 3.